The summed E-state index contributed by atoms with van der Waals surface area (Å²) in [6.07, 6.45) is 12.0. The second-order valence-corrected chi connectivity index (χ2v) is 8.69. The molecule has 0 bridgehead atoms. The van der Waals surface area contributed by atoms with Gasteiger partial charge in [-0.1, -0.05) is 35.9 Å². The van der Waals surface area contributed by atoms with Crippen molar-refractivity contribution in [1.82, 2.24) is 5.32 Å². The Hall–Kier alpha value is -2.07. The first-order chi connectivity index (χ1) is 13.6. The third kappa shape index (κ3) is 4.17. The molecule has 1 aromatic rings. The molecule has 1 saturated heterocycles. The summed E-state index contributed by atoms with van der Waals surface area (Å²) in [5.74, 6) is 0.514. The predicted molar refractivity (Wildman–Crippen MR) is 111 cm³/mol. The third-order valence-corrected chi connectivity index (χ3v) is 6.47. The van der Waals surface area contributed by atoms with Crippen LogP contribution in [0.2, 0.25) is 0 Å². The number of hydrogen-bond donors (Lipinski definition) is 1. The van der Waals surface area contributed by atoms with Crippen LogP contribution in [-0.2, 0) is 15.9 Å². The molecule has 1 heterocycles. The van der Waals surface area contributed by atoms with E-state index in [0.29, 0.717) is 12.5 Å². The number of cyclic esters (lactones) is 1. The van der Waals surface area contributed by atoms with Gasteiger partial charge in [-0.05, 0) is 80.1 Å². The highest BCUT2D eigenvalue weighted by Crippen LogP contribution is 2.43. The van der Waals surface area contributed by atoms with Gasteiger partial charge in [0.25, 0.3) is 0 Å². The van der Waals surface area contributed by atoms with E-state index >= 15 is 0 Å². The fraction of sp³-hybridized carbons (Fsp3) is 0.542. The molecule has 1 spiro atoms. The maximum absolute atomic E-state index is 11.5. The van der Waals surface area contributed by atoms with Gasteiger partial charge in [0.1, 0.15) is 6.61 Å². The molecule has 28 heavy (non-hydrogen) atoms. The number of nitrogens with one attached hydrogen (secondary N) is 1. The number of allylic oxidation sites excluding steroid dienone is 3. The normalized spacial score (nSPS) is 26.8. The minimum absolute atomic E-state index is 0.129. The fourth-order valence-electron chi connectivity index (χ4n) is 4.93. The SMILES string of the molecule is COCCC/C(C)=C/C1=Cc2ccc([C@H]3CC[C@]4(COC(=O)N4)C3)cc2CC1. The molecule has 4 heteroatoms. The Balaban J connectivity index is 1.44. The van der Waals surface area contributed by atoms with Gasteiger partial charge in [0, 0.05) is 13.7 Å². The lowest BCUT2D eigenvalue weighted by atomic mass is 9.86. The Morgan fingerprint density at radius 1 is 1.39 bits per heavy atom. The lowest BCUT2D eigenvalue weighted by molar-refractivity contribution is 0.172. The number of ether oxygens (including phenoxy) is 2. The summed E-state index contributed by atoms with van der Waals surface area (Å²) >= 11 is 0. The van der Waals surface area contributed by atoms with Crippen LogP contribution in [0, 0.1) is 0 Å². The van der Waals surface area contributed by atoms with Crippen LogP contribution < -0.4 is 5.32 Å². The third-order valence-electron chi connectivity index (χ3n) is 6.47. The summed E-state index contributed by atoms with van der Waals surface area (Å²) in [7, 11) is 1.76. The monoisotopic (exact) mass is 381 g/mol. The minimum atomic E-state index is -0.255. The molecule has 150 valence electrons. The van der Waals surface area contributed by atoms with Crippen molar-refractivity contribution in [3.05, 3.63) is 52.1 Å². The first-order valence-electron chi connectivity index (χ1n) is 10.5. The lowest BCUT2D eigenvalue weighted by Gasteiger charge is -2.21. The largest absolute Gasteiger partial charge is 0.447 e. The quantitative estimate of drug-likeness (QED) is 0.695. The predicted octanol–water partition coefficient (Wildman–Crippen LogP) is 5.14. The number of rotatable bonds is 6. The van der Waals surface area contributed by atoms with E-state index in [1.165, 1.54) is 27.8 Å². The highest BCUT2D eigenvalue weighted by molar-refractivity contribution is 5.71. The topological polar surface area (TPSA) is 47.6 Å². The van der Waals surface area contributed by atoms with Crippen LogP contribution >= 0.6 is 0 Å². The van der Waals surface area contributed by atoms with E-state index in [0.717, 1.165) is 51.6 Å². The van der Waals surface area contributed by atoms with E-state index in [1.807, 2.05) is 0 Å². The zero-order chi connectivity index (χ0) is 19.6. The van der Waals surface area contributed by atoms with Crippen LogP contribution in [0.3, 0.4) is 0 Å². The number of methoxy groups -OCH3 is 1. The summed E-state index contributed by atoms with van der Waals surface area (Å²) in [5.41, 5.74) is 6.97. The average Bonchev–Trinajstić information content (AvgIpc) is 3.27. The van der Waals surface area contributed by atoms with Crippen molar-refractivity contribution in [2.75, 3.05) is 20.3 Å². The van der Waals surface area contributed by atoms with E-state index in [1.54, 1.807) is 7.11 Å². The maximum atomic E-state index is 11.5. The van der Waals surface area contributed by atoms with Crippen molar-refractivity contribution in [3.8, 4) is 0 Å². The van der Waals surface area contributed by atoms with E-state index in [-0.39, 0.29) is 11.6 Å². The van der Waals surface area contributed by atoms with Crippen LogP contribution in [0.15, 0.2) is 35.4 Å². The van der Waals surface area contributed by atoms with E-state index in [4.69, 9.17) is 9.47 Å². The Kier molecular flexibility index (Phi) is 5.58. The molecule has 0 unspecified atom stereocenters. The van der Waals surface area contributed by atoms with Crippen LogP contribution in [-0.4, -0.2) is 32.0 Å². The molecule has 2 atom stereocenters. The lowest BCUT2D eigenvalue weighted by Crippen LogP contribution is -2.40. The van der Waals surface area contributed by atoms with Gasteiger partial charge in [0.05, 0.1) is 5.54 Å². The molecule has 1 aliphatic heterocycles. The molecule has 2 aliphatic carbocycles. The zero-order valence-electron chi connectivity index (χ0n) is 17.1. The van der Waals surface area contributed by atoms with Gasteiger partial charge in [0.2, 0.25) is 0 Å². The smallest absolute Gasteiger partial charge is 0.407 e. The Bertz CT molecular complexity index is 810. The molecule has 4 nitrogen and oxygen atoms in total. The van der Waals surface area contributed by atoms with E-state index in [9.17, 15) is 4.79 Å². The molecule has 1 saturated carbocycles. The number of carbonyl (C=O) groups excluding carboxylic acids is 1. The van der Waals surface area contributed by atoms with Crippen LogP contribution in [0.4, 0.5) is 4.79 Å². The van der Waals surface area contributed by atoms with Crippen LogP contribution in [0.25, 0.3) is 6.08 Å². The molecule has 4 rings (SSSR count). The van der Waals surface area contributed by atoms with Gasteiger partial charge in [-0.3, -0.25) is 0 Å². The van der Waals surface area contributed by atoms with E-state index in [2.05, 4.69) is 42.6 Å². The maximum Gasteiger partial charge on any atom is 0.407 e. The van der Waals surface area contributed by atoms with Crippen molar-refractivity contribution in [2.24, 2.45) is 0 Å². The van der Waals surface area contributed by atoms with Crippen LogP contribution in [0.5, 0.6) is 0 Å². The van der Waals surface area contributed by atoms with Crippen molar-refractivity contribution < 1.29 is 14.3 Å². The zero-order valence-corrected chi connectivity index (χ0v) is 17.1. The Labute approximate surface area is 168 Å². The van der Waals surface area contributed by atoms with Crippen molar-refractivity contribution in [3.63, 3.8) is 0 Å². The number of amides is 1. The van der Waals surface area contributed by atoms with Gasteiger partial charge in [-0.25, -0.2) is 4.79 Å². The number of fused-ring (bicyclic) bond motifs is 1. The van der Waals surface area contributed by atoms with Gasteiger partial charge in [-0.15, -0.1) is 0 Å². The second kappa shape index (κ2) is 8.12. The number of hydrogen-bond acceptors (Lipinski definition) is 3. The molecule has 1 amide bonds. The molecule has 1 N–H and O–H groups in total. The Morgan fingerprint density at radius 3 is 3.07 bits per heavy atom. The first kappa shape index (κ1) is 19.3. The average molecular weight is 382 g/mol. The molecule has 2 fully saturated rings. The number of alkyl carbamates (subject to hydrolysis) is 1. The summed E-state index contributed by atoms with van der Waals surface area (Å²) in [6.45, 7) is 3.57. The Morgan fingerprint density at radius 2 is 2.29 bits per heavy atom. The van der Waals surface area contributed by atoms with Gasteiger partial charge >= 0.3 is 6.09 Å². The van der Waals surface area contributed by atoms with Crippen molar-refractivity contribution >= 4 is 12.2 Å². The second-order valence-electron chi connectivity index (χ2n) is 8.69. The highest BCUT2D eigenvalue weighted by atomic mass is 16.6. The molecule has 3 aliphatic rings. The fourth-order valence-corrected chi connectivity index (χ4v) is 4.93. The summed E-state index contributed by atoms with van der Waals surface area (Å²) in [4.78, 5) is 11.5. The number of aryl methyl sites for hydroxylation is 1. The summed E-state index contributed by atoms with van der Waals surface area (Å²) in [5, 5.41) is 3.05. The highest BCUT2D eigenvalue weighted by Gasteiger charge is 2.45. The van der Waals surface area contributed by atoms with Gasteiger partial charge in [-0.2, -0.15) is 0 Å². The minimum Gasteiger partial charge on any atom is -0.447 e. The summed E-state index contributed by atoms with van der Waals surface area (Å²) < 4.78 is 10.3. The standard InChI is InChI=1S/C24H31NO3/c1-17(4-3-11-27-2)12-18-5-6-20-14-21(8-7-19(20)13-18)22-9-10-24(15-22)16-28-23(26)25-24/h7-8,12-14,22H,3-6,9-11,15-16H2,1-2H3,(H,25,26)/b17-12+/t22-,24+/m0/s1. The molecule has 0 aromatic heterocycles. The molecular weight excluding hydrogens is 350 g/mol. The molecule has 1 aromatic carbocycles. The molecular formula is C24H31NO3. The van der Waals surface area contributed by atoms with E-state index < -0.39 is 0 Å². The van der Waals surface area contributed by atoms with Crippen molar-refractivity contribution in [2.45, 2.75) is 63.3 Å². The first-order valence-corrected chi connectivity index (χ1v) is 10.5. The number of carbonyl (C=O) groups is 1. The molecule has 0 radical (unpaired) electrons. The van der Waals surface area contributed by atoms with Crippen molar-refractivity contribution in [1.29, 1.82) is 0 Å². The van der Waals surface area contributed by atoms with Crippen LogP contribution in [0.1, 0.15) is 68.1 Å². The summed E-state index contributed by atoms with van der Waals surface area (Å²) in [6, 6.07) is 6.97. The number of benzene rings is 1. The van der Waals surface area contributed by atoms with Gasteiger partial charge < -0.3 is 14.8 Å². The van der Waals surface area contributed by atoms with Gasteiger partial charge in [0.15, 0.2) is 0 Å².